The lowest BCUT2D eigenvalue weighted by Crippen LogP contribution is -2.46. The lowest BCUT2D eigenvalue weighted by atomic mass is 9.63. The maximum absolute atomic E-state index is 12.5. The molecule has 1 N–H and O–H groups in total. The van der Waals surface area contributed by atoms with Crippen LogP contribution in [0, 0.1) is 14.4 Å². The molecule has 2 nitrogen and oxygen atoms in total. The van der Waals surface area contributed by atoms with Crippen molar-refractivity contribution in [3.63, 3.8) is 0 Å². The number of carbonyl (C=O) groups is 1. The number of rotatable bonds is 2. The molecule has 0 unspecified atom stereocenters. The van der Waals surface area contributed by atoms with Crippen LogP contribution in [0.25, 0.3) is 0 Å². The molecule has 4 heteroatoms. The summed E-state index contributed by atoms with van der Waals surface area (Å²) in [6.07, 6.45) is 3.25. The Labute approximate surface area is 146 Å². The lowest BCUT2D eigenvalue weighted by Gasteiger charge is -2.45. The summed E-state index contributed by atoms with van der Waals surface area (Å²) in [5, 5.41) is 3.81. The van der Waals surface area contributed by atoms with Gasteiger partial charge in [0.05, 0.1) is 5.56 Å². The molecule has 1 aromatic rings. The molecule has 0 atom stereocenters. The van der Waals surface area contributed by atoms with Crippen molar-refractivity contribution in [1.29, 1.82) is 0 Å². The Bertz CT molecular complexity index is 538. The van der Waals surface area contributed by atoms with Crippen molar-refractivity contribution >= 4 is 40.1 Å². The minimum Gasteiger partial charge on any atom is -0.349 e. The molecule has 2 rings (SSSR count). The van der Waals surface area contributed by atoms with E-state index in [1.807, 2.05) is 12.1 Å². The molecule has 1 aliphatic carbocycles. The molecule has 21 heavy (non-hydrogen) atoms. The van der Waals surface area contributed by atoms with E-state index in [1.165, 1.54) is 6.42 Å². The minimum absolute atomic E-state index is 0.0135. The molecule has 0 spiro atoms. The summed E-state index contributed by atoms with van der Waals surface area (Å²) in [4.78, 5) is 12.5. The third kappa shape index (κ3) is 4.59. The molecule has 1 aliphatic rings. The molecular weight excluding hydrogens is 397 g/mol. The van der Waals surface area contributed by atoms with Gasteiger partial charge in [0.1, 0.15) is 0 Å². The van der Waals surface area contributed by atoms with Gasteiger partial charge in [-0.25, -0.2) is 0 Å². The van der Waals surface area contributed by atoms with Crippen molar-refractivity contribution in [2.24, 2.45) is 10.8 Å². The highest BCUT2D eigenvalue weighted by atomic mass is 127. The largest absolute Gasteiger partial charge is 0.349 e. The highest BCUT2D eigenvalue weighted by Gasteiger charge is 2.39. The quantitative estimate of drug-likeness (QED) is 0.649. The van der Waals surface area contributed by atoms with Crippen molar-refractivity contribution in [2.75, 3.05) is 0 Å². The van der Waals surface area contributed by atoms with Crippen LogP contribution in [0.5, 0.6) is 0 Å². The number of hydrogen-bond donors (Lipinski definition) is 1. The van der Waals surface area contributed by atoms with E-state index in [0.717, 1.165) is 16.4 Å². The molecule has 1 fully saturated rings. The monoisotopic (exact) mass is 419 g/mol. The fourth-order valence-electron chi connectivity index (χ4n) is 3.88. The fourth-order valence-corrected chi connectivity index (χ4v) is 4.64. The highest BCUT2D eigenvalue weighted by molar-refractivity contribution is 14.1. The van der Waals surface area contributed by atoms with Gasteiger partial charge in [0.25, 0.3) is 5.91 Å². The lowest BCUT2D eigenvalue weighted by molar-refractivity contribution is 0.0713. The molecular formula is C17H23ClINO. The minimum atomic E-state index is -0.0135. The summed E-state index contributed by atoms with van der Waals surface area (Å²) in [7, 11) is 0. The van der Waals surface area contributed by atoms with Crippen LogP contribution in [0.1, 0.15) is 57.3 Å². The smallest absolute Gasteiger partial charge is 0.252 e. The first-order chi connectivity index (χ1) is 9.58. The summed E-state index contributed by atoms with van der Waals surface area (Å²) >= 11 is 8.19. The molecule has 0 aromatic heterocycles. The second-order valence-electron chi connectivity index (χ2n) is 7.71. The zero-order valence-corrected chi connectivity index (χ0v) is 16.0. The topological polar surface area (TPSA) is 29.1 Å². The molecule has 0 heterocycles. The standard InChI is InChI=1S/C17H23ClINO/c1-16(2)8-12(9-17(3,4)10-16)20-15(21)13-7-11(18)5-6-14(13)19/h5-7,12H,8-10H2,1-4H3,(H,20,21). The molecule has 0 saturated heterocycles. The third-order valence-electron chi connectivity index (χ3n) is 4.06. The average molecular weight is 420 g/mol. The normalized spacial score (nSPS) is 21.0. The van der Waals surface area contributed by atoms with E-state index in [4.69, 9.17) is 11.6 Å². The van der Waals surface area contributed by atoms with E-state index in [1.54, 1.807) is 6.07 Å². The Balaban J connectivity index is 2.14. The van der Waals surface area contributed by atoms with Gasteiger partial charge in [0.2, 0.25) is 0 Å². The van der Waals surface area contributed by atoms with Crippen LogP contribution in [0.15, 0.2) is 18.2 Å². The second-order valence-corrected chi connectivity index (χ2v) is 9.31. The Morgan fingerprint density at radius 3 is 2.38 bits per heavy atom. The highest BCUT2D eigenvalue weighted by Crippen LogP contribution is 2.45. The van der Waals surface area contributed by atoms with Crippen molar-refractivity contribution in [3.8, 4) is 0 Å². The summed E-state index contributed by atoms with van der Waals surface area (Å²) in [5.41, 5.74) is 1.20. The SMILES string of the molecule is CC1(C)CC(NC(=O)c2cc(Cl)ccc2I)CC(C)(C)C1. The van der Waals surface area contributed by atoms with Crippen LogP contribution < -0.4 is 5.32 Å². The number of benzene rings is 1. The van der Waals surface area contributed by atoms with E-state index < -0.39 is 0 Å². The number of hydrogen-bond acceptors (Lipinski definition) is 1. The number of carbonyl (C=O) groups excluding carboxylic acids is 1. The average Bonchev–Trinajstić information content (AvgIpc) is 2.27. The van der Waals surface area contributed by atoms with Gasteiger partial charge in [-0.2, -0.15) is 0 Å². The van der Waals surface area contributed by atoms with Gasteiger partial charge in [-0.15, -0.1) is 0 Å². The first-order valence-corrected chi connectivity index (χ1v) is 8.80. The van der Waals surface area contributed by atoms with Gasteiger partial charge < -0.3 is 5.32 Å². The molecule has 1 amide bonds. The van der Waals surface area contributed by atoms with Crippen LogP contribution in [-0.2, 0) is 0 Å². The summed E-state index contributed by atoms with van der Waals surface area (Å²) in [6.45, 7) is 9.15. The second kappa shape index (κ2) is 6.07. The Kier molecular flexibility index (Phi) is 4.94. The van der Waals surface area contributed by atoms with E-state index in [0.29, 0.717) is 10.6 Å². The van der Waals surface area contributed by atoms with Crippen LogP contribution in [-0.4, -0.2) is 11.9 Å². The summed E-state index contributed by atoms with van der Waals surface area (Å²) in [6, 6.07) is 5.67. The van der Waals surface area contributed by atoms with Crippen molar-refractivity contribution in [1.82, 2.24) is 5.32 Å². The van der Waals surface area contributed by atoms with Crippen molar-refractivity contribution < 1.29 is 4.79 Å². The van der Waals surface area contributed by atoms with Crippen LogP contribution >= 0.6 is 34.2 Å². The molecule has 0 bridgehead atoms. The summed E-state index contributed by atoms with van der Waals surface area (Å²) < 4.78 is 0.934. The number of halogens is 2. The summed E-state index contributed by atoms with van der Waals surface area (Å²) in [5.74, 6) is -0.0135. The van der Waals surface area contributed by atoms with Gasteiger partial charge in [-0.3, -0.25) is 4.79 Å². The van der Waals surface area contributed by atoms with Crippen molar-refractivity contribution in [3.05, 3.63) is 32.4 Å². The molecule has 1 aromatic carbocycles. The van der Waals surface area contributed by atoms with E-state index in [2.05, 4.69) is 55.6 Å². The van der Waals surface area contributed by atoms with Crippen LogP contribution in [0.4, 0.5) is 0 Å². The first kappa shape index (κ1) is 17.1. The van der Waals surface area contributed by atoms with Crippen LogP contribution in [0.3, 0.4) is 0 Å². The van der Waals surface area contributed by atoms with Crippen molar-refractivity contribution in [2.45, 2.75) is 53.0 Å². The fraction of sp³-hybridized carbons (Fsp3) is 0.588. The molecule has 1 saturated carbocycles. The number of amides is 1. The van der Waals surface area contributed by atoms with Gasteiger partial charge in [0, 0.05) is 14.6 Å². The first-order valence-electron chi connectivity index (χ1n) is 7.34. The van der Waals surface area contributed by atoms with E-state index in [9.17, 15) is 4.79 Å². The van der Waals surface area contributed by atoms with E-state index >= 15 is 0 Å². The maximum Gasteiger partial charge on any atom is 0.252 e. The molecule has 116 valence electrons. The van der Waals surface area contributed by atoms with Crippen LogP contribution in [0.2, 0.25) is 5.02 Å². The predicted molar refractivity (Wildman–Crippen MR) is 96.8 cm³/mol. The third-order valence-corrected chi connectivity index (χ3v) is 5.24. The van der Waals surface area contributed by atoms with Gasteiger partial charge >= 0.3 is 0 Å². The number of nitrogens with one attached hydrogen (secondary N) is 1. The Morgan fingerprint density at radius 1 is 1.24 bits per heavy atom. The van der Waals surface area contributed by atoms with Gasteiger partial charge in [0.15, 0.2) is 0 Å². The van der Waals surface area contributed by atoms with Gasteiger partial charge in [-0.1, -0.05) is 39.3 Å². The predicted octanol–water partition coefficient (Wildman–Crippen LogP) is 5.28. The molecule has 0 aliphatic heterocycles. The van der Waals surface area contributed by atoms with E-state index in [-0.39, 0.29) is 22.8 Å². The zero-order chi connectivity index (χ0) is 15.8. The Hall–Kier alpha value is -0.290. The van der Waals surface area contributed by atoms with Gasteiger partial charge in [-0.05, 0) is 70.9 Å². The Morgan fingerprint density at radius 2 is 1.81 bits per heavy atom. The maximum atomic E-state index is 12.5. The zero-order valence-electron chi connectivity index (χ0n) is 13.1. The molecule has 0 radical (unpaired) electrons.